The molecule has 0 aliphatic rings. The van der Waals surface area contributed by atoms with E-state index in [2.05, 4.69) is 11.4 Å². The third-order valence-corrected chi connectivity index (χ3v) is 8.51. The van der Waals surface area contributed by atoms with Crippen LogP contribution < -0.4 is 0 Å². The number of hydrogen-bond donors (Lipinski definition) is 3. The van der Waals surface area contributed by atoms with E-state index in [4.69, 9.17) is 19.1 Å². The van der Waals surface area contributed by atoms with Gasteiger partial charge in [0.25, 0.3) is 0 Å². The van der Waals surface area contributed by atoms with Gasteiger partial charge in [-0.05, 0) is 6.42 Å². The van der Waals surface area contributed by atoms with Crippen LogP contribution in [0.2, 0.25) is 0 Å². The van der Waals surface area contributed by atoms with Gasteiger partial charge in [-0.1, -0.05) is 142 Å². The summed E-state index contributed by atoms with van der Waals surface area (Å²) >= 11 is 0. The number of phosphoric ester groups is 1. The van der Waals surface area contributed by atoms with Gasteiger partial charge in [-0.25, -0.2) is 4.57 Å². The van der Waals surface area contributed by atoms with Gasteiger partial charge in [-0.15, -0.1) is 0 Å². The largest absolute Gasteiger partial charge is 0.472 e. The van der Waals surface area contributed by atoms with Gasteiger partial charge in [0.1, 0.15) is 12.7 Å². The zero-order valence-corrected chi connectivity index (χ0v) is 28.8. The van der Waals surface area contributed by atoms with Gasteiger partial charge in [-0.3, -0.25) is 18.6 Å². The number of carbonyl (C=O) groups is 2. The van der Waals surface area contributed by atoms with E-state index < -0.39 is 51.8 Å². The Morgan fingerprint density at radius 1 is 0.636 bits per heavy atom. The van der Waals surface area contributed by atoms with E-state index in [1.807, 2.05) is 0 Å². The molecule has 10 nitrogen and oxygen atoms in total. The van der Waals surface area contributed by atoms with Gasteiger partial charge >= 0.3 is 19.8 Å². The number of rotatable bonds is 33. The minimum absolute atomic E-state index is 0.243. The molecule has 0 fully saturated rings. The monoisotopic (exact) mass is 652 g/mol. The van der Waals surface area contributed by atoms with E-state index in [1.165, 1.54) is 116 Å². The van der Waals surface area contributed by atoms with Crippen molar-refractivity contribution >= 4 is 19.8 Å². The number of carbonyl (C=O) groups excluding carboxylic acids is 2. The standard InChI is InChI=1S/C33H65O10P/c1-3-4-5-6-7-8-9-10-11-12-13-14-15-16-17-18-19-20-21-22-23-24-25-33(37)40-28-32(43-30(2)35)29-42-44(38,39)41-27-31(36)26-34/h31-32,34,36H,3-29H2,1-2H3,(H,38,39)/t31-,32+/m0/s1. The molecule has 0 spiro atoms. The number of phosphoric acid groups is 1. The van der Waals surface area contributed by atoms with Gasteiger partial charge in [0.15, 0.2) is 6.10 Å². The van der Waals surface area contributed by atoms with Crippen molar-refractivity contribution in [1.82, 2.24) is 0 Å². The zero-order chi connectivity index (χ0) is 32.7. The Morgan fingerprint density at radius 3 is 1.41 bits per heavy atom. The van der Waals surface area contributed by atoms with Crippen molar-refractivity contribution in [2.75, 3.05) is 26.4 Å². The lowest BCUT2D eigenvalue weighted by Crippen LogP contribution is -2.29. The number of hydrogen-bond acceptors (Lipinski definition) is 9. The number of ether oxygens (including phenoxy) is 2. The predicted molar refractivity (Wildman–Crippen MR) is 173 cm³/mol. The van der Waals surface area contributed by atoms with Gasteiger partial charge in [0.05, 0.1) is 19.8 Å². The van der Waals surface area contributed by atoms with Crippen LogP contribution in [0.3, 0.4) is 0 Å². The molecule has 0 aromatic heterocycles. The van der Waals surface area contributed by atoms with Gasteiger partial charge in [0, 0.05) is 13.3 Å². The number of esters is 2. The number of aliphatic hydroxyl groups excluding tert-OH is 2. The third-order valence-electron chi connectivity index (χ3n) is 7.56. The fraction of sp³-hybridized carbons (Fsp3) is 0.939. The summed E-state index contributed by atoms with van der Waals surface area (Å²) in [5.41, 5.74) is 0. The Hall–Kier alpha value is -1.03. The first-order valence-electron chi connectivity index (χ1n) is 17.4. The summed E-state index contributed by atoms with van der Waals surface area (Å²) in [7, 11) is -4.56. The summed E-state index contributed by atoms with van der Waals surface area (Å²) in [6, 6.07) is 0. The fourth-order valence-electron chi connectivity index (χ4n) is 4.93. The maximum absolute atomic E-state index is 12.1. The number of aliphatic hydroxyl groups is 2. The van der Waals surface area contributed by atoms with Crippen LogP contribution in [0, 0.1) is 0 Å². The molecule has 44 heavy (non-hydrogen) atoms. The Labute approximate surface area is 267 Å². The first kappa shape index (κ1) is 43.0. The smallest absolute Gasteiger partial charge is 0.462 e. The lowest BCUT2D eigenvalue weighted by atomic mass is 10.0. The highest BCUT2D eigenvalue weighted by atomic mass is 31.2. The second-order valence-electron chi connectivity index (χ2n) is 12.0. The third kappa shape index (κ3) is 31.0. The molecule has 0 saturated heterocycles. The van der Waals surface area contributed by atoms with Crippen molar-refractivity contribution in [2.45, 2.75) is 174 Å². The molecule has 0 aromatic carbocycles. The quantitative estimate of drug-likeness (QED) is 0.0362. The van der Waals surface area contributed by atoms with Crippen molar-refractivity contribution in [3.8, 4) is 0 Å². The lowest BCUT2D eigenvalue weighted by molar-refractivity contribution is -0.159. The zero-order valence-electron chi connectivity index (χ0n) is 27.9. The Kier molecular flexibility index (Phi) is 29.9. The molecular formula is C33H65O10P. The highest BCUT2D eigenvalue weighted by molar-refractivity contribution is 7.47. The average molecular weight is 653 g/mol. The van der Waals surface area contributed by atoms with Gasteiger partial charge in [-0.2, -0.15) is 0 Å². The molecule has 1 unspecified atom stereocenters. The van der Waals surface area contributed by atoms with Crippen LogP contribution in [0.5, 0.6) is 0 Å². The molecule has 0 bridgehead atoms. The molecule has 0 aliphatic heterocycles. The van der Waals surface area contributed by atoms with Crippen LogP contribution >= 0.6 is 7.82 Å². The first-order chi connectivity index (χ1) is 21.2. The number of unbranched alkanes of at least 4 members (excludes halogenated alkanes) is 21. The van der Waals surface area contributed by atoms with E-state index in [9.17, 15) is 24.2 Å². The fourth-order valence-corrected chi connectivity index (χ4v) is 5.72. The van der Waals surface area contributed by atoms with Crippen LogP contribution in [0.25, 0.3) is 0 Å². The van der Waals surface area contributed by atoms with Crippen molar-refractivity contribution in [1.29, 1.82) is 0 Å². The molecule has 3 N–H and O–H groups in total. The molecule has 11 heteroatoms. The minimum atomic E-state index is -4.56. The summed E-state index contributed by atoms with van der Waals surface area (Å²) < 4.78 is 31.3. The van der Waals surface area contributed by atoms with Crippen LogP contribution in [0.1, 0.15) is 162 Å². The molecule has 0 saturated carbocycles. The van der Waals surface area contributed by atoms with Gasteiger partial charge in [0.2, 0.25) is 0 Å². The highest BCUT2D eigenvalue weighted by Gasteiger charge is 2.26. The molecule has 262 valence electrons. The first-order valence-corrected chi connectivity index (χ1v) is 18.9. The van der Waals surface area contributed by atoms with E-state index in [0.29, 0.717) is 6.42 Å². The summed E-state index contributed by atoms with van der Waals surface area (Å²) in [6.07, 6.45) is 26.4. The molecule has 0 aliphatic carbocycles. The molecule has 3 atom stereocenters. The Balaban J connectivity index is 3.63. The van der Waals surface area contributed by atoms with Crippen LogP contribution in [0.4, 0.5) is 0 Å². The summed E-state index contributed by atoms with van der Waals surface area (Å²) in [5.74, 6) is -1.11. The van der Waals surface area contributed by atoms with Crippen molar-refractivity contribution < 1.29 is 47.8 Å². The topological polar surface area (TPSA) is 149 Å². The molecule has 0 heterocycles. The maximum atomic E-state index is 12.1. The van der Waals surface area contributed by atoms with Crippen LogP contribution in [0.15, 0.2) is 0 Å². The molecular weight excluding hydrogens is 587 g/mol. The summed E-state index contributed by atoms with van der Waals surface area (Å²) in [4.78, 5) is 33.0. The van der Waals surface area contributed by atoms with Crippen LogP contribution in [-0.2, 0) is 32.7 Å². The molecule has 0 amide bonds. The Morgan fingerprint density at radius 2 is 1.02 bits per heavy atom. The van der Waals surface area contributed by atoms with E-state index in [-0.39, 0.29) is 13.0 Å². The minimum Gasteiger partial charge on any atom is -0.462 e. The Bertz CT molecular complexity index is 721. The molecule has 0 rings (SSSR count). The SMILES string of the molecule is CCCCCCCCCCCCCCCCCCCCCCCCC(=O)OC[C@H](COP(=O)(O)OC[C@@H](O)CO)OC(C)=O. The summed E-state index contributed by atoms with van der Waals surface area (Å²) in [5, 5.41) is 17.9. The maximum Gasteiger partial charge on any atom is 0.472 e. The van der Waals surface area contributed by atoms with Crippen LogP contribution in [-0.4, -0.2) is 65.7 Å². The lowest BCUT2D eigenvalue weighted by Gasteiger charge is -2.19. The van der Waals surface area contributed by atoms with Crippen molar-refractivity contribution in [3.63, 3.8) is 0 Å². The van der Waals surface area contributed by atoms with E-state index in [0.717, 1.165) is 26.2 Å². The predicted octanol–water partition coefficient (Wildman–Crippen LogP) is 7.94. The van der Waals surface area contributed by atoms with E-state index >= 15 is 0 Å². The van der Waals surface area contributed by atoms with Crippen molar-refractivity contribution in [2.24, 2.45) is 0 Å². The normalized spacial score (nSPS) is 14.2. The molecule has 0 radical (unpaired) electrons. The summed E-state index contributed by atoms with van der Waals surface area (Å²) in [6.45, 7) is 1.30. The van der Waals surface area contributed by atoms with E-state index in [1.54, 1.807) is 0 Å². The van der Waals surface area contributed by atoms with Gasteiger partial charge < -0.3 is 24.6 Å². The molecule has 0 aromatic rings. The highest BCUT2D eigenvalue weighted by Crippen LogP contribution is 2.43. The van der Waals surface area contributed by atoms with Crippen molar-refractivity contribution in [3.05, 3.63) is 0 Å². The second-order valence-corrected chi connectivity index (χ2v) is 13.4. The second kappa shape index (κ2) is 30.6. The average Bonchev–Trinajstić information content (AvgIpc) is 2.99.